The summed E-state index contributed by atoms with van der Waals surface area (Å²) in [5, 5.41) is 11.7. The van der Waals surface area contributed by atoms with Crippen molar-refractivity contribution in [2.45, 2.75) is 20.3 Å². The first-order chi connectivity index (χ1) is 9.00. The Morgan fingerprint density at radius 2 is 2.16 bits per heavy atom. The average molecular weight is 269 g/mol. The summed E-state index contributed by atoms with van der Waals surface area (Å²) in [4.78, 5) is 10.6. The molecule has 5 heteroatoms. The van der Waals surface area contributed by atoms with Crippen LogP contribution in [0.2, 0.25) is 0 Å². The molecule has 0 fully saturated rings. The molecule has 1 aromatic carbocycles. The molecule has 0 saturated carbocycles. The van der Waals surface area contributed by atoms with Gasteiger partial charge >= 0.3 is 5.97 Å². The minimum absolute atomic E-state index is 0.321. The van der Waals surface area contributed by atoms with Crippen molar-refractivity contribution in [3.63, 3.8) is 0 Å². The predicted octanol–water partition coefficient (Wildman–Crippen LogP) is 3.00. The molecule has 0 radical (unpaired) electrons. The predicted molar refractivity (Wildman–Crippen MR) is 72.1 cm³/mol. The molecule has 0 saturated heterocycles. The number of hydrogen-bond donors (Lipinski definition) is 2. The van der Waals surface area contributed by atoms with Crippen molar-refractivity contribution in [3.05, 3.63) is 29.6 Å². The number of benzene rings is 1. The molecule has 1 rings (SSSR count). The van der Waals surface area contributed by atoms with Crippen molar-refractivity contribution in [2.75, 3.05) is 25.1 Å². The van der Waals surface area contributed by atoms with E-state index in [-0.39, 0.29) is 5.56 Å². The molecule has 0 amide bonds. The van der Waals surface area contributed by atoms with Crippen molar-refractivity contribution in [1.29, 1.82) is 0 Å². The van der Waals surface area contributed by atoms with E-state index in [2.05, 4.69) is 19.2 Å². The monoisotopic (exact) mass is 269 g/mol. The second kappa shape index (κ2) is 7.74. The normalized spacial score (nSPS) is 10.7. The van der Waals surface area contributed by atoms with Crippen LogP contribution in [-0.2, 0) is 4.74 Å². The molecule has 0 atom stereocenters. The van der Waals surface area contributed by atoms with Gasteiger partial charge in [-0.1, -0.05) is 13.8 Å². The highest BCUT2D eigenvalue weighted by Crippen LogP contribution is 2.14. The molecular formula is C14H20FNO3. The van der Waals surface area contributed by atoms with Crippen LogP contribution in [0.5, 0.6) is 0 Å². The first-order valence-electron chi connectivity index (χ1n) is 6.35. The molecule has 2 N–H and O–H groups in total. The number of ether oxygens (including phenoxy) is 1. The van der Waals surface area contributed by atoms with Gasteiger partial charge in [-0.15, -0.1) is 0 Å². The third-order valence-corrected chi connectivity index (χ3v) is 2.61. The SMILES string of the molecule is CC(C)CCOCCNc1ccc(C(=O)O)c(F)c1. The van der Waals surface area contributed by atoms with E-state index in [9.17, 15) is 9.18 Å². The largest absolute Gasteiger partial charge is 0.478 e. The van der Waals surface area contributed by atoms with Gasteiger partial charge in [-0.05, 0) is 30.5 Å². The third-order valence-electron chi connectivity index (χ3n) is 2.61. The summed E-state index contributed by atoms with van der Waals surface area (Å²) in [6.45, 7) is 6.08. The fraction of sp³-hybridized carbons (Fsp3) is 0.500. The van der Waals surface area contributed by atoms with E-state index in [0.29, 0.717) is 31.4 Å². The summed E-state index contributed by atoms with van der Waals surface area (Å²) in [5.41, 5.74) is 0.230. The van der Waals surface area contributed by atoms with Gasteiger partial charge in [0.15, 0.2) is 0 Å². The first kappa shape index (κ1) is 15.4. The zero-order valence-electron chi connectivity index (χ0n) is 11.3. The highest BCUT2D eigenvalue weighted by atomic mass is 19.1. The Labute approximate surface area is 112 Å². The number of carboxylic acid groups (broad SMARTS) is 1. The van der Waals surface area contributed by atoms with Crippen LogP contribution in [0.3, 0.4) is 0 Å². The van der Waals surface area contributed by atoms with Gasteiger partial charge < -0.3 is 15.2 Å². The number of nitrogens with one attached hydrogen (secondary N) is 1. The van der Waals surface area contributed by atoms with E-state index < -0.39 is 11.8 Å². The first-order valence-corrected chi connectivity index (χ1v) is 6.35. The van der Waals surface area contributed by atoms with Crippen molar-refractivity contribution in [2.24, 2.45) is 5.92 Å². The quantitative estimate of drug-likeness (QED) is 0.712. The maximum Gasteiger partial charge on any atom is 0.338 e. The molecule has 0 heterocycles. The molecule has 0 aliphatic rings. The minimum atomic E-state index is -1.26. The van der Waals surface area contributed by atoms with Crippen molar-refractivity contribution in [3.8, 4) is 0 Å². The highest BCUT2D eigenvalue weighted by Gasteiger charge is 2.09. The molecule has 0 unspecified atom stereocenters. The van der Waals surface area contributed by atoms with Crippen molar-refractivity contribution in [1.82, 2.24) is 0 Å². The summed E-state index contributed by atoms with van der Waals surface area (Å²) in [6.07, 6.45) is 1.02. The third kappa shape index (κ3) is 5.70. The van der Waals surface area contributed by atoms with Gasteiger partial charge in [-0.2, -0.15) is 0 Å². The molecule has 1 aromatic rings. The maximum atomic E-state index is 13.4. The van der Waals surface area contributed by atoms with E-state index in [1.54, 1.807) is 6.07 Å². The smallest absolute Gasteiger partial charge is 0.338 e. The maximum absolute atomic E-state index is 13.4. The van der Waals surface area contributed by atoms with E-state index in [4.69, 9.17) is 9.84 Å². The fourth-order valence-electron chi connectivity index (χ4n) is 1.49. The molecule has 4 nitrogen and oxygen atoms in total. The van der Waals surface area contributed by atoms with Gasteiger partial charge in [0, 0.05) is 18.8 Å². The Kier molecular flexibility index (Phi) is 6.29. The Morgan fingerprint density at radius 3 is 2.74 bits per heavy atom. The van der Waals surface area contributed by atoms with Gasteiger partial charge in [-0.25, -0.2) is 9.18 Å². The molecule has 106 valence electrons. The van der Waals surface area contributed by atoms with Crippen molar-refractivity contribution >= 4 is 11.7 Å². The van der Waals surface area contributed by atoms with Gasteiger partial charge in [0.2, 0.25) is 0 Å². The number of hydrogen-bond acceptors (Lipinski definition) is 3. The van der Waals surface area contributed by atoms with Crippen LogP contribution in [0, 0.1) is 11.7 Å². The lowest BCUT2D eigenvalue weighted by atomic mass is 10.1. The van der Waals surface area contributed by atoms with E-state index in [1.165, 1.54) is 12.1 Å². The molecular weight excluding hydrogens is 249 g/mol. The van der Waals surface area contributed by atoms with Crippen molar-refractivity contribution < 1.29 is 19.0 Å². The number of carbonyl (C=O) groups is 1. The lowest BCUT2D eigenvalue weighted by Crippen LogP contribution is -2.11. The van der Waals surface area contributed by atoms with Crippen LogP contribution in [0.15, 0.2) is 18.2 Å². The molecule has 0 bridgehead atoms. The zero-order valence-corrected chi connectivity index (χ0v) is 11.3. The summed E-state index contributed by atoms with van der Waals surface area (Å²) in [7, 11) is 0. The Balaban J connectivity index is 2.30. The Bertz CT molecular complexity index is 421. The van der Waals surface area contributed by atoms with Crippen LogP contribution < -0.4 is 5.32 Å². The van der Waals surface area contributed by atoms with Crippen LogP contribution in [0.4, 0.5) is 10.1 Å². The van der Waals surface area contributed by atoms with E-state index >= 15 is 0 Å². The average Bonchev–Trinajstić information content (AvgIpc) is 2.32. The van der Waals surface area contributed by atoms with Crippen LogP contribution >= 0.6 is 0 Å². The summed E-state index contributed by atoms with van der Waals surface area (Å²) in [5.74, 6) is -1.38. The van der Waals surface area contributed by atoms with E-state index in [1.807, 2.05) is 0 Å². The van der Waals surface area contributed by atoms with Gasteiger partial charge in [0.1, 0.15) is 5.82 Å². The number of rotatable bonds is 8. The zero-order chi connectivity index (χ0) is 14.3. The summed E-state index contributed by atoms with van der Waals surface area (Å²) < 4.78 is 18.8. The fourth-order valence-corrected chi connectivity index (χ4v) is 1.49. The topological polar surface area (TPSA) is 58.6 Å². The molecule has 19 heavy (non-hydrogen) atoms. The Hall–Kier alpha value is -1.62. The Morgan fingerprint density at radius 1 is 1.42 bits per heavy atom. The van der Waals surface area contributed by atoms with Gasteiger partial charge in [0.25, 0.3) is 0 Å². The van der Waals surface area contributed by atoms with Crippen LogP contribution in [0.1, 0.15) is 30.6 Å². The summed E-state index contributed by atoms with van der Waals surface area (Å²) >= 11 is 0. The second-order valence-electron chi connectivity index (χ2n) is 4.72. The minimum Gasteiger partial charge on any atom is -0.478 e. The van der Waals surface area contributed by atoms with E-state index in [0.717, 1.165) is 6.42 Å². The number of anilines is 1. The second-order valence-corrected chi connectivity index (χ2v) is 4.72. The number of carboxylic acids is 1. The van der Waals surface area contributed by atoms with Gasteiger partial charge in [-0.3, -0.25) is 0 Å². The molecule has 0 aromatic heterocycles. The highest BCUT2D eigenvalue weighted by molar-refractivity contribution is 5.88. The number of halogens is 1. The standard InChI is InChI=1S/C14H20FNO3/c1-10(2)5-7-19-8-6-16-11-3-4-12(14(17)18)13(15)9-11/h3-4,9-10,16H,5-8H2,1-2H3,(H,17,18). The molecule has 0 aliphatic carbocycles. The lowest BCUT2D eigenvalue weighted by Gasteiger charge is -2.09. The molecule has 0 aliphatic heterocycles. The summed E-state index contributed by atoms with van der Waals surface area (Å²) in [6, 6.07) is 3.97. The van der Waals surface area contributed by atoms with Crippen LogP contribution in [-0.4, -0.2) is 30.8 Å². The number of aromatic carboxylic acids is 1. The molecule has 0 spiro atoms. The van der Waals surface area contributed by atoms with Gasteiger partial charge in [0.05, 0.1) is 12.2 Å². The lowest BCUT2D eigenvalue weighted by molar-refractivity contribution is 0.0692. The van der Waals surface area contributed by atoms with Crippen LogP contribution in [0.25, 0.3) is 0 Å².